The molecule has 0 aromatic heterocycles. The fraction of sp³-hybridized carbons (Fsp3) is 0.308. The maximum absolute atomic E-state index is 12.9. The molecule has 0 aliphatic heterocycles. The van der Waals surface area contributed by atoms with Gasteiger partial charge in [0.15, 0.2) is 0 Å². The normalized spacial score (nSPS) is 21.6. The lowest BCUT2D eigenvalue weighted by Crippen LogP contribution is -2.28. The Hall–Kier alpha value is -2.78. The van der Waals surface area contributed by atoms with Crippen LogP contribution >= 0.6 is 0 Å². The van der Waals surface area contributed by atoms with Crippen LogP contribution in [0, 0.1) is 5.92 Å². The first-order chi connectivity index (χ1) is 14.1. The molecule has 148 valence electrons. The van der Waals surface area contributed by atoms with Gasteiger partial charge in [0.1, 0.15) is 11.6 Å². The number of aryl methyl sites for hydroxylation is 1. The summed E-state index contributed by atoms with van der Waals surface area (Å²) < 4.78 is 0. The Labute approximate surface area is 171 Å². The summed E-state index contributed by atoms with van der Waals surface area (Å²) in [6.07, 6.45) is 2.24. The van der Waals surface area contributed by atoms with E-state index in [1.54, 1.807) is 0 Å². The number of Topliss-reactive ketones (excluding diaryl/α,β-unsaturated/α-hetero) is 2. The van der Waals surface area contributed by atoms with E-state index in [2.05, 4.69) is 12.1 Å². The second kappa shape index (κ2) is 8.71. The van der Waals surface area contributed by atoms with E-state index in [1.807, 2.05) is 60.7 Å². The van der Waals surface area contributed by atoms with Crippen molar-refractivity contribution in [2.75, 3.05) is 0 Å². The first-order valence-corrected chi connectivity index (χ1v) is 10.4. The lowest BCUT2D eigenvalue weighted by molar-refractivity contribution is -0.127. The average molecular weight is 386 g/mol. The topological polar surface area (TPSA) is 54.4 Å². The smallest absolute Gasteiger partial charge is 0.143 e. The Morgan fingerprint density at radius 1 is 0.897 bits per heavy atom. The number of carbonyl (C=O) groups excluding carboxylic acids is 2. The lowest BCUT2D eigenvalue weighted by Gasteiger charge is -2.20. The Morgan fingerprint density at radius 3 is 2.41 bits per heavy atom. The van der Waals surface area contributed by atoms with Gasteiger partial charge in [-0.15, -0.1) is 0 Å². The van der Waals surface area contributed by atoms with Crippen molar-refractivity contribution < 1.29 is 14.7 Å². The summed E-state index contributed by atoms with van der Waals surface area (Å²) in [5, 5.41) is 12.6. The molecule has 0 saturated heterocycles. The van der Waals surface area contributed by atoms with Gasteiger partial charge in [-0.3, -0.25) is 9.59 Å². The summed E-state index contributed by atoms with van der Waals surface area (Å²) in [7, 11) is 0. The van der Waals surface area contributed by atoms with Crippen molar-refractivity contribution in [3.8, 4) is 0 Å². The number of aliphatic hydroxyl groups excluding tert-OH is 1. The number of unbranched alkanes of at least 4 members (excludes halogenated alkanes) is 1. The molecule has 3 aromatic carbocycles. The molecule has 0 bridgehead atoms. The molecule has 3 aromatic rings. The number of aliphatic hydroxyl groups is 1. The molecule has 3 nitrogen and oxygen atoms in total. The van der Waals surface area contributed by atoms with Crippen LogP contribution in [0.2, 0.25) is 0 Å². The molecular formula is C26H26O3. The predicted octanol–water partition coefficient (Wildman–Crippen LogP) is 4.86. The van der Waals surface area contributed by atoms with Crippen LogP contribution in [0.15, 0.2) is 72.8 Å². The minimum Gasteiger partial charge on any atom is -0.392 e. The van der Waals surface area contributed by atoms with E-state index in [9.17, 15) is 14.7 Å². The summed E-state index contributed by atoms with van der Waals surface area (Å²) in [4.78, 5) is 25.6. The van der Waals surface area contributed by atoms with Crippen molar-refractivity contribution in [3.63, 3.8) is 0 Å². The van der Waals surface area contributed by atoms with E-state index in [0.717, 1.165) is 35.6 Å². The van der Waals surface area contributed by atoms with Crippen molar-refractivity contribution >= 4 is 22.3 Å². The van der Waals surface area contributed by atoms with Crippen LogP contribution < -0.4 is 0 Å². The zero-order valence-corrected chi connectivity index (χ0v) is 16.5. The average Bonchev–Trinajstić information content (AvgIpc) is 3.05. The maximum atomic E-state index is 12.9. The third-order valence-corrected chi connectivity index (χ3v) is 6.02. The number of benzene rings is 3. The van der Waals surface area contributed by atoms with Gasteiger partial charge in [0.05, 0.1) is 17.9 Å². The lowest BCUT2D eigenvalue weighted by atomic mass is 9.82. The third-order valence-electron chi connectivity index (χ3n) is 6.02. The van der Waals surface area contributed by atoms with Crippen molar-refractivity contribution in [1.29, 1.82) is 0 Å². The van der Waals surface area contributed by atoms with Gasteiger partial charge in [0, 0.05) is 12.8 Å². The molecule has 1 aliphatic carbocycles. The van der Waals surface area contributed by atoms with Crippen LogP contribution in [0.5, 0.6) is 0 Å². The first kappa shape index (κ1) is 19.5. The Kier molecular flexibility index (Phi) is 5.86. The zero-order chi connectivity index (χ0) is 20.2. The number of hydrogen-bond donors (Lipinski definition) is 1. The van der Waals surface area contributed by atoms with Gasteiger partial charge >= 0.3 is 0 Å². The molecule has 4 rings (SSSR count). The molecular weight excluding hydrogens is 360 g/mol. The fourth-order valence-corrected chi connectivity index (χ4v) is 4.52. The summed E-state index contributed by atoms with van der Waals surface area (Å²) in [5.41, 5.74) is 2.11. The molecule has 3 heteroatoms. The Morgan fingerprint density at radius 2 is 1.62 bits per heavy atom. The maximum Gasteiger partial charge on any atom is 0.143 e. The largest absolute Gasteiger partial charge is 0.392 e. The Balaban J connectivity index is 1.45. The van der Waals surface area contributed by atoms with E-state index in [-0.39, 0.29) is 18.0 Å². The minimum absolute atomic E-state index is 0.00886. The summed E-state index contributed by atoms with van der Waals surface area (Å²) in [6, 6.07) is 24.1. The van der Waals surface area contributed by atoms with Gasteiger partial charge in [-0.1, -0.05) is 72.8 Å². The minimum atomic E-state index is -0.874. The molecule has 1 saturated carbocycles. The number of ketones is 2. The van der Waals surface area contributed by atoms with Crippen molar-refractivity contribution in [3.05, 3.63) is 83.9 Å². The molecule has 0 heterocycles. The molecule has 0 amide bonds. The summed E-state index contributed by atoms with van der Waals surface area (Å²) >= 11 is 0. The van der Waals surface area contributed by atoms with E-state index in [0.29, 0.717) is 6.42 Å². The van der Waals surface area contributed by atoms with Gasteiger partial charge in [-0.2, -0.15) is 0 Å². The van der Waals surface area contributed by atoms with Gasteiger partial charge in [0.2, 0.25) is 0 Å². The number of rotatable bonds is 7. The van der Waals surface area contributed by atoms with Crippen molar-refractivity contribution in [1.82, 2.24) is 0 Å². The quantitative estimate of drug-likeness (QED) is 0.590. The second-order valence-electron chi connectivity index (χ2n) is 8.01. The van der Waals surface area contributed by atoms with Crippen molar-refractivity contribution in [2.24, 2.45) is 5.92 Å². The summed E-state index contributed by atoms with van der Waals surface area (Å²) in [6.45, 7) is 0. The molecule has 1 fully saturated rings. The van der Waals surface area contributed by atoms with Crippen LogP contribution in [-0.4, -0.2) is 22.8 Å². The number of fused-ring (bicyclic) bond motifs is 1. The van der Waals surface area contributed by atoms with E-state index in [4.69, 9.17) is 0 Å². The van der Waals surface area contributed by atoms with Gasteiger partial charge in [0.25, 0.3) is 0 Å². The zero-order valence-electron chi connectivity index (χ0n) is 16.5. The molecule has 1 N–H and O–H groups in total. The predicted molar refractivity (Wildman–Crippen MR) is 115 cm³/mol. The highest BCUT2D eigenvalue weighted by molar-refractivity contribution is 5.98. The fourth-order valence-electron chi connectivity index (χ4n) is 4.52. The molecule has 0 radical (unpaired) electrons. The van der Waals surface area contributed by atoms with E-state index in [1.165, 1.54) is 5.56 Å². The molecule has 0 unspecified atom stereocenters. The van der Waals surface area contributed by atoms with Crippen LogP contribution in [-0.2, 0) is 16.0 Å². The molecule has 29 heavy (non-hydrogen) atoms. The molecule has 1 aliphatic rings. The number of hydrogen-bond acceptors (Lipinski definition) is 3. The monoisotopic (exact) mass is 386 g/mol. The third kappa shape index (κ3) is 4.30. The van der Waals surface area contributed by atoms with Gasteiger partial charge in [-0.05, 0) is 41.2 Å². The SMILES string of the molecule is O=C(CCCCc1ccccc1)[C@H]1[C@H](O)CC(=O)[C@H]1c1ccc2ccccc2c1. The number of carbonyl (C=O) groups is 2. The standard InChI is InChI=1S/C26H26O3/c27-22(13-7-4-10-18-8-2-1-3-9-18)26-24(29)17-23(28)25(26)21-15-14-19-11-5-6-12-20(19)16-21/h1-3,5-6,8-9,11-12,14-16,24-26,29H,4,7,10,13,17H2/t24-,25-,26+/m1/s1. The Bertz CT molecular complexity index is 1010. The van der Waals surface area contributed by atoms with Crippen LogP contribution in [0.1, 0.15) is 42.7 Å². The molecule has 0 spiro atoms. The van der Waals surface area contributed by atoms with Crippen molar-refractivity contribution in [2.45, 2.75) is 44.1 Å². The van der Waals surface area contributed by atoms with Gasteiger partial charge in [-0.25, -0.2) is 0 Å². The van der Waals surface area contributed by atoms with Crippen LogP contribution in [0.3, 0.4) is 0 Å². The van der Waals surface area contributed by atoms with Crippen LogP contribution in [0.25, 0.3) is 10.8 Å². The van der Waals surface area contributed by atoms with E-state index < -0.39 is 17.9 Å². The van der Waals surface area contributed by atoms with Crippen LogP contribution in [0.4, 0.5) is 0 Å². The van der Waals surface area contributed by atoms with Gasteiger partial charge < -0.3 is 5.11 Å². The highest BCUT2D eigenvalue weighted by atomic mass is 16.3. The first-order valence-electron chi connectivity index (χ1n) is 10.4. The molecule has 3 atom stereocenters. The highest BCUT2D eigenvalue weighted by Crippen LogP contribution is 2.39. The van der Waals surface area contributed by atoms with E-state index >= 15 is 0 Å². The second-order valence-corrected chi connectivity index (χ2v) is 8.01. The summed E-state index contributed by atoms with van der Waals surface area (Å²) in [5.74, 6) is -1.18. The highest BCUT2D eigenvalue weighted by Gasteiger charge is 2.45.